The third kappa shape index (κ3) is 3.58. The van der Waals surface area contributed by atoms with Crippen molar-refractivity contribution in [3.05, 3.63) is 17.5 Å². The van der Waals surface area contributed by atoms with Crippen molar-refractivity contribution in [2.75, 3.05) is 0 Å². The Balaban J connectivity index is 2.88. The van der Waals surface area contributed by atoms with E-state index in [0.717, 1.165) is 24.2 Å². The summed E-state index contributed by atoms with van der Waals surface area (Å²) in [5.74, 6) is -1.41. The van der Waals surface area contributed by atoms with Gasteiger partial charge in [0.15, 0.2) is 0 Å². The van der Waals surface area contributed by atoms with Gasteiger partial charge in [0.05, 0.1) is 12.2 Å². The van der Waals surface area contributed by atoms with Gasteiger partial charge in [-0.1, -0.05) is 13.8 Å². The van der Waals surface area contributed by atoms with Crippen LogP contribution in [0, 0.1) is 0 Å². The van der Waals surface area contributed by atoms with Crippen LogP contribution in [0.15, 0.2) is 6.07 Å². The highest BCUT2D eigenvalue weighted by Crippen LogP contribution is 2.07. The van der Waals surface area contributed by atoms with Crippen LogP contribution in [0.25, 0.3) is 0 Å². The second-order valence-corrected chi connectivity index (χ2v) is 4.11. The normalized spacial score (nSPS) is 12.2. The van der Waals surface area contributed by atoms with E-state index < -0.39 is 12.0 Å². The summed E-state index contributed by atoms with van der Waals surface area (Å²) < 4.78 is 1.66. The molecule has 0 bridgehead atoms. The fraction of sp³-hybridized carbons (Fsp3) is 0.583. The quantitative estimate of drug-likeness (QED) is 0.777. The molecule has 0 aliphatic carbocycles. The standard InChI is InChI=1S/C12H19N3O3/c1-4-9-6-10(5-2)15(14-9)7-11(12(17)18)13-8(3)16/h6,11H,4-5,7H2,1-3H3,(H,13,16)(H,17,18). The van der Waals surface area contributed by atoms with E-state index in [9.17, 15) is 9.59 Å². The lowest BCUT2D eigenvalue weighted by Crippen LogP contribution is -2.43. The summed E-state index contributed by atoms with van der Waals surface area (Å²) in [6.45, 7) is 5.44. The highest BCUT2D eigenvalue weighted by molar-refractivity contribution is 5.81. The Morgan fingerprint density at radius 3 is 2.56 bits per heavy atom. The van der Waals surface area contributed by atoms with Crippen LogP contribution in [-0.2, 0) is 29.0 Å². The highest BCUT2D eigenvalue weighted by Gasteiger charge is 2.20. The molecule has 0 spiro atoms. The molecule has 1 amide bonds. The van der Waals surface area contributed by atoms with Gasteiger partial charge in [0.1, 0.15) is 6.04 Å². The Morgan fingerprint density at radius 2 is 2.11 bits per heavy atom. The van der Waals surface area contributed by atoms with Crippen molar-refractivity contribution in [1.82, 2.24) is 15.1 Å². The molecule has 1 aromatic rings. The van der Waals surface area contributed by atoms with E-state index in [0.29, 0.717) is 0 Å². The second-order valence-electron chi connectivity index (χ2n) is 4.11. The fourth-order valence-corrected chi connectivity index (χ4v) is 1.73. The Morgan fingerprint density at radius 1 is 1.44 bits per heavy atom. The van der Waals surface area contributed by atoms with Crippen molar-refractivity contribution in [1.29, 1.82) is 0 Å². The average molecular weight is 253 g/mol. The zero-order valence-electron chi connectivity index (χ0n) is 10.9. The Labute approximate surface area is 106 Å². The summed E-state index contributed by atoms with van der Waals surface area (Å²) in [6, 6.07) is 1.02. The topological polar surface area (TPSA) is 84.2 Å². The van der Waals surface area contributed by atoms with Gasteiger partial charge in [-0.2, -0.15) is 5.10 Å². The lowest BCUT2D eigenvalue weighted by Gasteiger charge is -2.14. The molecular formula is C12H19N3O3. The molecule has 1 rings (SSSR count). The van der Waals surface area contributed by atoms with Gasteiger partial charge in [-0.15, -0.1) is 0 Å². The van der Waals surface area contributed by atoms with Crippen LogP contribution in [0.2, 0.25) is 0 Å². The number of nitrogens with one attached hydrogen (secondary N) is 1. The van der Waals surface area contributed by atoms with E-state index in [4.69, 9.17) is 5.11 Å². The molecule has 0 aliphatic heterocycles. The Kier molecular flexibility index (Phi) is 4.88. The predicted octanol–water partition coefficient (Wildman–Crippen LogP) is 0.597. The molecule has 1 unspecified atom stereocenters. The number of aryl methyl sites for hydroxylation is 2. The first-order valence-electron chi connectivity index (χ1n) is 6.03. The molecule has 100 valence electrons. The number of carboxylic acid groups (broad SMARTS) is 1. The Hall–Kier alpha value is -1.85. The summed E-state index contributed by atoms with van der Waals surface area (Å²) in [4.78, 5) is 22.0. The number of nitrogens with zero attached hydrogens (tertiary/aromatic N) is 2. The minimum atomic E-state index is -1.05. The van der Waals surface area contributed by atoms with Gasteiger partial charge in [0.25, 0.3) is 0 Å². The van der Waals surface area contributed by atoms with E-state index in [1.54, 1.807) is 4.68 Å². The van der Waals surface area contributed by atoms with Gasteiger partial charge in [-0.25, -0.2) is 4.79 Å². The maximum absolute atomic E-state index is 11.1. The van der Waals surface area contributed by atoms with Crippen molar-refractivity contribution in [3.63, 3.8) is 0 Å². The number of carboxylic acids is 1. The summed E-state index contributed by atoms with van der Waals surface area (Å²) in [5.41, 5.74) is 1.90. The van der Waals surface area contributed by atoms with Crippen LogP contribution < -0.4 is 5.32 Å². The molecule has 0 radical (unpaired) electrons. The van der Waals surface area contributed by atoms with Crippen molar-refractivity contribution in [2.24, 2.45) is 0 Å². The van der Waals surface area contributed by atoms with Gasteiger partial charge in [0.2, 0.25) is 5.91 Å². The Bertz CT molecular complexity index is 440. The number of carbonyl (C=O) groups is 2. The summed E-state index contributed by atoms with van der Waals surface area (Å²) in [5, 5.41) is 15.8. The summed E-state index contributed by atoms with van der Waals surface area (Å²) in [7, 11) is 0. The van der Waals surface area contributed by atoms with Gasteiger partial charge in [0, 0.05) is 12.6 Å². The van der Waals surface area contributed by atoms with Crippen LogP contribution in [0.5, 0.6) is 0 Å². The van der Waals surface area contributed by atoms with Crippen LogP contribution in [-0.4, -0.2) is 32.8 Å². The summed E-state index contributed by atoms with van der Waals surface area (Å²) >= 11 is 0. The number of hydrogen-bond acceptors (Lipinski definition) is 3. The van der Waals surface area contributed by atoms with Crippen molar-refractivity contribution in [2.45, 2.75) is 46.2 Å². The van der Waals surface area contributed by atoms with Crippen molar-refractivity contribution >= 4 is 11.9 Å². The lowest BCUT2D eigenvalue weighted by molar-refractivity contribution is -0.142. The van der Waals surface area contributed by atoms with Gasteiger partial charge in [-0.05, 0) is 18.9 Å². The molecule has 0 aromatic carbocycles. The zero-order chi connectivity index (χ0) is 13.7. The molecule has 0 saturated heterocycles. The van der Waals surface area contributed by atoms with Gasteiger partial charge < -0.3 is 10.4 Å². The number of rotatable bonds is 6. The fourth-order valence-electron chi connectivity index (χ4n) is 1.73. The number of aromatic nitrogens is 2. The first-order chi connectivity index (χ1) is 8.47. The monoisotopic (exact) mass is 253 g/mol. The third-order valence-corrected chi connectivity index (χ3v) is 2.67. The molecular weight excluding hydrogens is 234 g/mol. The molecule has 0 aliphatic rings. The van der Waals surface area contributed by atoms with E-state index in [1.807, 2.05) is 19.9 Å². The summed E-state index contributed by atoms with van der Waals surface area (Å²) in [6.07, 6.45) is 1.58. The highest BCUT2D eigenvalue weighted by atomic mass is 16.4. The second kappa shape index (κ2) is 6.18. The predicted molar refractivity (Wildman–Crippen MR) is 66.2 cm³/mol. The van der Waals surface area contributed by atoms with Crippen LogP contribution in [0.1, 0.15) is 32.2 Å². The number of carbonyl (C=O) groups excluding carboxylic acids is 1. The van der Waals surface area contributed by atoms with Crippen molar-refractivity contribution < 1.29 is 14.7 Å². The van der Waals surface area contributed by atoms with E-state index >= 15 is 0 Å². The molecule has 1 atom stereocenters. The average Bonchev–Trinajstić information content (AvgIpc) is 2.69. The smallest absolute Gasteiger partial charge is 0.328 e. The largest absolute Gasteiger partial charge is 0.480 e. The maximum atomic E-state index is 11.1. The molecule has 0 saturated carbocycles. The minimum Gasteiger partial charge on any atom is -0.480 e. The SMILES string of the molecule is CCc1cc(CC)n(CC(NC(C)=O)C(=O)O)n1. The molecule has 0 fully saturated rings. The van der Waals surface area contributed by atoms with Crippen LogP contribution in [0.4, 0.5) is 0 Å². The van der Waals surface area contributed by atoms with Crippen LogP contribution in [0.3, 0.4) is 0 Å². The number of hydrogen-bond donors (Lipinski definition) is 2. The molecule has 6 heteroatoms. The molecule has 1 aromatic heterocycles. The molecule has 1 heterocycles. The van der Waals surface area contributed by atoms with Gasteiger partial charge in [-0.3, -0.25) is 9.48 Å². The minimum absolute atomic E-state index is 0.151. The maximum Gasteiger partial charge on any atom is 0.328 e. The van der Waals surface area contributed by atoms with E-state index in [2.05, 4.69) is 10.4 Å². The van der Waals surface area contributed by atoms with E-state index in [1.165, 1.54) is 6.92 Å². The third-order valence-electron chi connectivity index (χ3n) is 2.67. The lowest BCUT2D eigenvalue weighted by atomic mass is 10.2. The number of amides is 1. The molecule has 6 nitrogen and oxygen atoms in total. The van der Waals surface area contributed by atoms with E-state index in [-0.39, 0.29) is 12.5 Å². The zero-order valence-corrected chi connectivity index (χ0v) is 10.9. The molecule has 2 N–H and O–H groups in total. The van der Waals surface area contributed by atoms with Crippen LogP contribution >= 0.6 is 0 Å². The van der Waals surface area contributed by atoms with Gasteiger partial charge >= 0.3 is 5.97 Å². The molecule has 18 heavy (non-hydrogen) atoms. The first-order valence-corrected chi connectivity index (χ1v) is 6.03. The number of aliphatic carboxylic acids is 1. The first kappa shape index (κ1) is 14.2. The van der Waals surface area contributed by atoms with Crippen molar-refractivity contribution in [3.8, 4) is 0 Å².